The lowest BCUT2D eigenvalue weighted by atomic mass is 10.1. The molecule has 0 saturated heterocycles. The highest BCUT2D eigenvalue weighted by Crippen LogP contribution is 2.26. The Kier molecular flexibility index (Phi) is 3.68. The van der Waals surface area contributed by atoms with Crippen LogP contribution in [0.25, 0.3) is 0 Å². The molecule has 0 aromatic heterocycles. The molecule has 0 radical (unpaired) electrons. The summed E-state index contributed by atoms with van der Waals surface area (Å²) in [4.78, 5) is 4.48. The Balaban J connectivity index is 1.79. The Morgan fingerprint density at radius 2 is 1.80 bits per heavy atom. The third-order valence-corrected chi connectivity index (χ3v) is 3.41. The van der Waals surface area contributed by atoms with Crippen molar-refractivity contribution in [2.45, 2.75) is 12.5 Å². The summed E-state index contributed by atoms with van der Waals surface area (Å²) < 4.78 is 11.2. The molecule has 2 aromatic rings. The lowest BCUT2D eigenvalue weighted by molar-refractivity contribution is 0.170. The molecule has 3 heteroatoms. The van der Waals surface area contributed by atoms with E-state index in [1.165, 1.54) is 5.56 Å². The molecule has 20 heavy (non-hydrogen) atoms. The lowest BCUT2D eigenvalue weighted by Gasteiger charge is -2.24. The molecule has 0 N–H and O–H groups in total. The first kappa shape index (κ1) is 12.7. The molecule has 1 aliphatic heterocycles. The average Bonchev–Trinajstić information content (AvgIpc) is 2.56. The summed E-state index contributed by atoms with van der Waals surface area (Å²) in [5, 5.41) is 0. The maximum Gasteiger partial charge on any atom is 0.216 e. The van der Waals surface area contributed by atoms with Crippen LogP contribution in [0.4, 0.5) is 0 Å². The fourth-order valence-corrected chi connectivity index (χ4v) is 2.31. The molecule has 0 amide bonds. The molecule has 3 nitrogen and oxygen atoms in total. The van der Waals surface area contributed by atoms with Gasteiger partial charge in [-0.3, -0.25) is 4.99 Å². The molecule has 102 valence electrons. The fraction of sp³-hybridized carbons (Fsp3) is 0.235. The molecule has 0 spiro atoms. The molecular formula is C17H17NO2. The fourth-order valence-electron chi connectivity index (χ4n) is 2.31. The zero-order valence-corrected chi connectivity index (χ0v) is 11.5. The largest absolute Gasteiger partial charge is 0.497 e. The van der Waals surface area contributed by atoms with E-state index in [2.05, 4.69) is 17.1 Å². The van der Waals surface area contributed by atoms with Crippen LogP contribution in [0.15, 0.2) is 59.6 Å². The van der Waals surface area contributed by atoms with Gasteiger partial charge in [-0.1, -0.05) is 30.3 Å². The maximum atomic E-state index is 6.04. The van der Waals surface area contributed by atoms with Crippen LogP contribution in [0.3, 0.4) is 0 Å². The summed E-state index contributed by atoms with van der Waals surface area (Å²) in [5.74, 6) is 1.55. The second-order valence-corrected chi connectivity index (χ2v) is 4.72. The van der Waals surface area contributed by atoms with Crippen molar-refractivity contribution in [2.75, 3.05) is 13.7 Å². The number of nitrogens with zero attached hydrogens (tertiary/aromatic N) is 1. The smallest absolute Gasteiger partial charge is 0.216 e. The van der Waals surface area contributed by atoms with Gasteiger partial charge in [-0.05, 0) is 29.8 Å². The van der Waals surface area contributed by atoms with E-state index in [0.717, 1.165) is 24.3 Å². The zero-order chi connectivity index (χ0) is 13.8. The van der Waals surface area contributed by atoms with E-state index < -0.39 is 0 Å². The molecule has 1 atom stereocenters. The standard InChI is InChI=1S/C17H17NO2/c1-19-15-9-7-14(8-10-15)17-18-12-11-16(20-17)13-5-3-2-4-6-13/h2-10,16H,11-12H2,1H3/t16-/m0/s1. The normalized spacial score (nSPS) is 18.1. The summed E-state index contributed by atoms with van der Waals surface area (Å²) in [6.07, 6.45) is 1.01. The van der Waals surface area contributed by atoms with Gasteiger partial charge in [0.05, 0.1) is 7.11 Å². The number of benzene rings is 2. The van der Waals surface area contributed by atoms with Crippen molar-refractivity contribution in [2.24, 2.45) is 4.99 Å². The van der Waals surface area contributed by atoms with E-state index in [0.29, 0.717) is 5.90 Å². The van der Waals surface area contributed by atoms with Gasteiger partial charge in [0.2, 0.25) is 5.90 Å². The van der Waals surface area contributed by atoms with Crippen LogP contribution in [0.5, 0.6) is 5.75 Å². The van der Waals surface area contributed by atoms with Gasteiger partial charge in [0, 0.05) is 18.5 Å². The topological polar surface area (TPSA) is 30.8 Å². The van der Waals surface area contributed by atoms with Crippen LogP contribution >= 0.6 is 0 Å². The average molecular weight is 267 g/mol. The molecule has 1 heterocycles. The number of rotatable bonds is 3. The van der Waals surface area contributed by atoms with Gasteiger partial charge in [-0.15, -0.1) is 0 Å². The summed E-state index contributed by atoms with van der Waals surface area (Å²) in [6.45, 7) is 0.793. The van der Waals surface area contributed by atoms with Crippen LogP contribution in [-0.4, -0.2) is 19.6 Å². The maximum absolute atomic E-state index is 6.04. The van der Waals surface area contributed by atoms with E-state index in [1.54, 1.807) is 7.11 Å². The van der Waals surface area contributed by atoms with Crippen LogP contribution in [0.1, 0.15) is 23.7 Å². The van der Waals surface area contributed by atoms with E-state index in [4.69, 9.17) is 9.47 Å². The molecule has 0 aliphatic carbocycles. The minimum atomic E-state index is 0.0887. The van der Waals surface area contributed by atoms with Crippen molar-refractivity contribution >= 4 is 5.90 Å². The molecule has 3 rings (SSSR count). The Labute approximate surface area is 118 Å². The van der Waals surface area contributed by atoms with Crippen molar-refractivity contribution in [3.63, 3.8) is 0 Å². The number of aliphatic imine (C=N–C) groups is 1. The molecule has 2 aromatic carbocycles. The number of methoxy groups -OCH3 is 1. The first-order valence-corrected chi connectivity index (χ1v) is 6.77. The van der Waals surface area contributed by atoms with Crippen LogP contribution < -0.4 is 4.74 Å². The summed E-state index contributed by atoms with van der Waals surface area (Å²) in [6, 6.07) is 18.1. The minimum absolute atomic E-state index is 0.0887. The number of hydrogen-bond acceptors (Lipinski definition) is 3. The SMILES string of the molecule is COc1ccc(C2=NCC[C@@H](c3ccccc3)O2)cc1. The zero-order valence-electron chi connectivity index (χ0n) is 11.5. The number of ether oxygens (including phenoxy) is 2. The third-order valence-electron chi connectivity index (χ3n) is 3.41. The van der Waals surface area contributed by atoms with Gasteiger partial charge < -0.3 is 9.47 Å². The van der Waals surface area contributed by atoms with Gasteiger partial charge in [0.1, 0.15) is 11.9 Å². The van der Waals surface area contributed by atoms with Crippen LogP contribution in [0, 0.1) is 0 Å². The Bertz CT molecular complexity index is 590. The highest BCUT2D eigenvalue weighted by molar-refractivity contribution is 5.94. The van der Waals surface area contributed by atoms with E-state index >= 15 is 0 Å². The van der Waals surface area contributed by atoms with Crippen molar-refractivity contribution in [3.05, 3.63) is 65.7 Å². The first-order valence-electron chi connectivity index (χ1n) is 6.77. The summed E-state index contributed by atoms with van der Waals surface area (Å²) >= 11 is 0. The van der Waals surface area contributed by atoms with Gasteiger partial charge in [-0.2, -0.15) is 0 Å². The molecular weight excluding hydrogens is 250 g/mol. The summed E-state index contributed by atoms with van der Waals surface area (Å²) in [5.41, 5.74) is 2.19. The first-order chi connectivity index (χ1) is 9.86. The van der Waals surface area contributed by atoms with Crippen molar-refractivity contribution in [3.8, 4) is 5.75 Å². The third kappa shape index (κ3) is 2.67. The quantitative estimate of drug-likeness (QED) is 0.850. The van der Waals surface area contributed by atoms with E-state index in [-0.39, 0.29) is 6.10 Å². The van der Waals surface area contributed by atoms with E-state index in [9.17, 15) is 0 Å². The van der Waals surface area contributed by atoms with Crippen molar-refractivity contribution in [1.29, 1.82) is 0 Å². The van der Waals surface area contributed by atoms with E-state index in [1.807, 2.05) is 42.5 Å². The Morgan fingerprint density at radius 3 is 2.50 bits per heavy atom. The molecule has 0 fully saturated rings. The van der Waals surface area contributed by atoms with Crippen molar-refractivity contribution in [1.82, 2.24) is 0 Å². The van der Waals surface area contributed by atoms with Crippen LogP contribution in [-0.2, 0) is 4.74 Å². The summed E-state index contributed by atoms with van der Waals surface area (Å²) in [7, 11) is 1.66. The van der Waals surface area contributed by atoms with Gasteiger partial charge >= 0.3 is 0 Å². The second-order valence-electron chi connectivity index (χ2n) is 4.72. The second kappa shape index (κ2) is 5.78. The lowest BCUT2D eigenvalue weighted by Crippen LogP contribution is -2.19. The predicted molar refractivity (Wildman–Crippen MR) is 79.3 cm³/mol. The Morgan fingerprint density at radius 1 is 1.05 bits per heavy atom. The van der Waals surface area contributed by atoms with Gasteiger partial charge in [0.15, 0.2) is 0 Å². The highest BCUT2D eigenvalue weighted by atomic mass is 16.5. The van der Waals surface area contributed by atoms with Gasteiger partial charge in [0.25, 0.3) is 0 Å². The van der Waals surface area contributed by atoms with Crippen LogP contribution in [0.2, 0.25) is 0 Å². The molecule has 0 saturated carbocycles. The van der Waals surface area contributed by atoms with Gasteiger partial charge in [-0.25, -0.2) is 0 Å². The molecule has 0 bridgehead atoms. The monoisotopic (exact) mass is 267 g/mol. The van der Waals surface area contributed by atoms with Crippen molar-refractivity contribution < 1.29 is 9.47 Å². The molecule has 0 unspecified atom stereocenters. The molecule has 1 aliphatic rings. The number of hydrogen-bond donors (Lipinski definition) is 0. The highest BCUT2D eigenvalue weighted by Gasteiger charge is 2.20. The Hall–Kier alpha value is -2.29. The predicted octanol–water partition coefficient (Wildman–Crippen LogP) is 3.60. The minimum Gasteiger partial charge on any atom is -0.497 e.